The fraction of sp³-hybridized carbons (Fsp3) is 0.800. The minimum atomic E-state index is -0.177. The van der Waals surface area contributed by atoms with Crippen LogP contribution in [0.3, 0.4) is 0 Å². The SMILES string of the molecule is O=C(OC=NOC1CCCC1)C1CC1. The summed E-state index contributed by atoms with van der Waals surface area (Å²) in [6.45, 7) is 0. The van der Waals surface area contributed by atoms with Gasteiger partial charge < -0.3 is 9.57 Å². The van der Waals surface area contributed by atoms with Crippen molar-refractivity contribution in [2.45, 2.75) is 44.6 Å². The van der Waals surface area contributed by atoms with E-state index >= 15 is 0 Å². The second-order valence-electron chi connectivity index (χ2n) is 3.93. The van der Waals surface area contributed by atoms with Crippen LogP contribution < -0.4 is 0 Å². The number of hydrogen-bond donors (Lipinski definition) is 0. The average molecular weight is 197 g/mol. The summed E-state index contributed by atoms with van der Waals surface area (Å²) in [5, 5.41) is 3.64. The molecule has 0 saturated heterocycles. The molecule has 0 radical (unpaired) electrons. The monoisotopic (exact) mass is 197 g/mol. The molecular formula is C10H15NO3. The molecule has 0 amide bonds. The summed E-state index contributed by atoms with van der Waals surface area (Å²) >= 11 is 0. The molecule has 78 valence electrons. The molecule has 0 unspecified atom stereocenters. The standard InChI is InChI=1S/C10H15NO3/c12-10(8-5-6-8)13-7-11-14-9-3-1-2-4-9/h7-9H,1-6H2. The van der Waals surface area contributed by atoms with Gasteiger partial charge >= 0.3 is 5.97 Å². The number of carbonyl (C=O) groups excluding carboxylic acids is 1. The molecule has 0 aromatic rings. The van der Waals surface area contributed by atoms with E-state index in [0.29, 0.717) is 0 Å². The lowest BCUT2D eigenvalue weighted by Gasteiger charge is -2.04. The molecule has 0 aliphatic heterocycles. The van der Waals surface area contributed by atoms with Crippen molar-refractivity contribution in [1.29, 1.82) is 0 Å². The quantitative estimate of drug-likeness (QED) is 0.299. The summed E-state index contributed by atoms with van der Waals surface area (Å²) in [4.78, 5) is 16.2. The molecule has 0 aromatic carbocycles. The van der Waals surface area contributed by atoms with Crippen LogP contribution in [0, 0.1) is 5.92 Å². The third-order valence-corrected chi connectivity index (χ3v) is 2.63. The molecule has 0 heterocycles. The van der Waals surface area contributed by atoms with Crippen LogP contribution in [0.4, 0.5) is 0 Å². The Hall–Kier alpha value is -1.06. The van der Waals surface area contributed by atoms with Gasteiger partial charge in [-0.15, -0.1) is 0 Å². The molecule has 0 N–H and O–H groups in total. The summed E-state index contributed by atoms with van der Waals surface area (Å²) in [6.07, 6.45) is 7.81. The van der Waals surface area contributed by atoms with Gasteiger partial charge in [0.25, 0.3) is 0 Å². The van der Waals surface area contributed by atoms with Crippen LogP contribution in [0.25, 0.3) is 0 Å². The number of oxime groups is 1. The van der Waals surface area contributed by atoms with Crippen LogP contribution in [0.15, 0.2) is 5.16 Å². The minimum absolute atomic E-state index is 0.118. The maximum atomic E-state index is 11.0. The van der Waals surface area contributed by atoms with E-state index in [1.165, 1.54) is 12.8 Å². The van der Waals surface area contributed by atoms with E-state index in [4.69, 9.17) is 9.57 Å². The molecule has 0 aromatic heterocycles. The summed E-state index contributed by atoms with van der Waals surface area (Å²) in [7, 11) is 0. The third-order valence-electron chi connectivity index (χ3n) is 2.63. The normalized spacial score (nSPS) is 22.9. The fourth-order valence-electron chi connectivity index (χ4n) is 1.59. The van der Waals surface area contributed by atoms with Crippen molar-refractivity contribution in [3.8, 4) is 0 Å². The average Bonchev–Trinajstić information content (AvgIpc) is 2.92. The van der Waals surface area contributed by atoms with Crippen molar-refractivity contribution in [1.82, 2.24) is 0 Å². The van der Waals surface area contributed by atoms with Gasteiger partial charge in [-0.2, -0.15) is 0 Å². The first-order valence-corrected chi connectivity index (χ1v) is 5.24. The molecule has 0 atom stereocenters. The van der Waals surface area contributed by atoms with E-state index in [-0.39, 0.29) is 18.0 Å². The van der Waals surface area contributed by atoms with Crippen molar-refractivity contribution in [2.24, 2.45) is 11.1 Å². The van der Waals surface area contributed by atoms with Crippen LogP contribution in [-0.4, -0.2) is 18.5 Å². The highest BCUT2D eigenvalue weighted by atomic mass is 16.7. The van der Waals surface area contributed by atoms with Crippen molar-refractivity contribution in [3.05, 3.63) is 0 Å². The van der Waals surface area contributed by atoms with Gasteiger partial charge in [-0.1, -0.05) is 5.16 Å². The van der Waals surface area contributed by atoms with Gasteiger partial charge in [0.15, 0.2) is 0 Å². The number of rotatable bonds is 4. The maximum Gasteiger partial charge on any atom is 0.315 e. The number of hydrogen-bond acceptors (Lipinski definition) is 4. The highest BCUT2D eigenvalue weighted by Crippen LogP contribution is 2.29. The number of esters is 1. The van der Waals surface area contributed by atoms with Gasteiger partial charge in [-0.05, 0) is 38.5 Å². The lowest BCUT2D eigenvalue weighted by Crippen LogP contribution is -2.07. The lowest BCUT2D eigenvalue weighted by atomic mass is 10.3. The van der Waals surface area contributed by atoms with Gasteiger partial charge in [-0.25, -0.2) is 0 Å². The molecule has 0 bridgehead atoms. The smallest absolute Gasteiger partial charge is 0.315 e. The Labute approximate surface area is 83.3 Å². The van der Waals surface area contributed by atoms with Crippen LogP contribution in [0.2, 0.25) is 0 Å². The van der Waals surface area contributed by atoms with E-state index in [0.717, 1.165) is 32.1 Å². The lowest BCUT2D eigenvalue weighted by molar-refractivity contribution is -0.136. The van der Waals surface area contributed by atoms with E-state index in [9.17, 15) is 4.79 Å². The Bertz CT molecular complexity index is 230. The predicted molar refractivity (Wildman–Crippen MR) is 50.6 cm³/mol. The Morgan fingerprint density at radius 1 is 1.21 bits per heavy atom. The Balaban J connectivity index is 1.59. The van der Waals surface area contributed by atoms with E-state index in [1.54, 1.807) is 0 Å². The molecule has 2 fully saturated rings. The van der Waals surface area contributed by atoms with E-state index in [2.05, 4.69) is 5.16 Å². The highest BCUT2D eigenvalue weighted by Gasteiger charge is 2.31. The highest BCUT2D eigenvalue weighted by molar-refractivity contribution is 5.81. The first-order valence-electron chi connectivity index (χ1n) is 5.24. The summed E-state index contributed by atoms with van der Waals surface area (Å²) in [5.74, 6) is -0.0586. The first kappa shape index (κ1) is 9.49. The molecular weight excluding hydrogens is 182 g/mol. The molecule has 2 saturated carbocycles. The van der Waals surface area contributed by atoms with E-state index in [1.807, 2.05) is 0 Å². The number of carbonyl (C=O) groups is 1. The fourth-order valence-corrected chi connectivity index (χ4v) is 1.59. The zero-order chi connectivity index (χ0) is 9.80. The van der Waals surface area contributed by atoms with Gasteiger partial charge in [0.1, 0.15) is 6.10 Å². The predicted octanol–water partition coefficient (Wildman–Crippen LogP) is 1.84. The van der Waals surface area contributed by atoms with Gasteiger partial charge in [-0.3, -0.25) is 4.79 Å². The number of nitrogens with zero attached hydrogens (tertiary/aromatic N) is 1. The maximum absolute atomic E-state index is 11.0. The Morgan fingerprint density at radius 2 is 1.93 bits per heavy atom. The van der Waals surface area contributed by atoms with Crippen molar-refractivity contribution in [2.75, 3.05) is 0 Å². The zero-order valence-electron chi connectivity index (χ0n) is 8.15. The molecule has 14 heavy (non-hydrogen) atoms. The molecule has 4 heteroatoms. The second-order valence-corrected chi connectivity index (χ2v) is 3.93. The van der Waals surface area contributed by atoms with Crippen molar-refractivity contribution >= 4 is 12.4 Å². The molecule has 0 spiro atoms. The Morgan fingerprint density at radius 3 is 2.57 bits per heavy atom. The first-order chi connectivity index (χ1) is 6.86. The van der Waals surface area contributed by atoms with Gasteiger partial charge in [0, 0.05) is 0 Å². The minimum Gasteiger partial charge on any atom is -0.411 e. The van der Waals surface area contributed by atoms with Crippen molar-refractivity contribution in [3.63, 3.8) is 0 Å². The van der Waals surface area contributed by atoms with Gasteiger partial charge in [0.2, 0.25) is 6.40 Å². The molecule has 2 aliphatic carbocycles. The summed E-state index contributed by atoms with van der Waals surface area (Å²) in [5.41, 5.74) is 0. The third kappa shape index (κ3) is 2.72. The molecule has 4 nitrogen and oxygen atoms in total. The van der Waals surface area contributed by atoms with E-state index < -0.39 is 0 Å². The molecule has 2 aliphatic rings. The second kappa shape index (κ2) is 4.44. The molecule has 2 rings (SSSR count). The summed E-state index contributed by atoms with van der Waals surface area (Å²) < 4.78 is 4.77. The Kier molecular flexibility index (Phi) is 3.01. The zero-order valence-corrected chi connectivity index (χ0v) is 8.15. The largest absolute Gasteiger partial charge is 0.411 e. The topological polar surface area (TPSA) is 47.9 Å². The number of ether oxygens (including phenoxy) is 1. The van der Waals surface area contributed by atoms with Crippen molar-refractivity contribution < 1.29 is 14.4 Å². The van der Waals surface area contributed by atoms with Gasteiger partial charge in [0.05, 0.1) is 5.92 Å². The van der Waals surface area contributed by atoms with Crippen LogP contribution in [0.1, 0.15) is 38.5 Å². The van der Waals surface area contributed by atoms with Crippen LogP contribution in [0.5, 0.6) is 0 Å². The summed E-state index contributed by atoms with van der Waals surface area (Å²) in [6, 6.07) is 0. The van der Waals surface area contributed by atoms with Crippen LogP contribution in [-0.2, 0) is 14.4 Å². The van der Waals surface area contributed by atoms with Crippen LogP contribution >= 0.6 is 0 Å².